The highest BCUT2D eigenvalue weighted by molar-refractivity contribution is 5.79. The van der Waals surface area contributed by atoms with Gasteiger partial charge in [-0.1, -0.05) is 36.4 Å². The molecule has 0 aliphatic heterocycles. The van der Waals surface area contributed by atoms with Gasteiger partial charge in [-0.25, -0.2) is 4.98 Å². The number of aromatic nitrogens is 1. The Morgan fingerprint density at radius 3 is 2.50 bits per heavy atom. The number of hydrogen-bond acceptors (Lipinski definition) is 4. The lowest BCUT2D eigenvalue weighted by molar-refractivity contribution is -0.122. The van der Waals surface area contributed by atoms with Gasteiger partial charge in [-0.15, -0.1) is 0 Å². The summed E-state index contributed by atoms with van der Waals surface area (Å²) in [5, 5.41) is 5.65. The molecule has 0 spiro atoms. The highest BCUT2D eigenvalue weighted by atomic mass is 16.5. The number of carbonyl (C=O) groups is 2. The fourth-order valence-electron chi connectivity index (χ4n) is 2.28. The zero-order valence-electron chi connectivity index (χ0n) is 13.8. The van der Waals surface area contributed by atoms with E-state index < -0.39 is 0 Å². The largest absolute Gasteiger partial charge is 0.481 e. The minimum atomic E-state index is -0.349. The van der Waals surface area contributed by atoms with E-state index in [1.165, 1.54) is 6.92 Å². The van der Waals surface area contributed by atoms with Crippen LogP contribution < -0.4 is 15.4 Å². The third kappa shape index (κ3) is 5.39. The Balaban J connectivity index is 1.93. The molecule has 2 amide bonds. The highest BCUT2D eigenvalue weighted by Gasteiger charge is 2.16. The summed E-state index contributed by atoms with van der Waals surface area (Å²) in [7, 11) is 1.55. The Hall–Kier alpha value is -2.89. The van der Waals surface area contributed by atoms with E-state index in [0.717, 1.165) is 11.1 Å². The number of nitrogens with zero attached hydrogens (tertiary/aromatic N) is 1. The molecule has 0 aliphatic rings. The second kappa shape index (κ2) is 8.67. The standard InChI is InChI=1S/C18H21N3O3/c1-13(22)21-16(15-6-4-3-5-7-15)10-17(23)19-11-14-8-9-18(24-2)20-12-14/h3-9,12,16H,10-11H2,1-2H3,(H,19,23)(H,21,22). The zero-order valence-corrected chi connectivity index (χ0v) is 13.8. The summed E-state index contributed by atoms with van der Waals surface area (Å²) in [5.74, 6) is 0.212. The van der Waals surface area contributed by atoms with Gasteiger partial charge in [-0.05, 0) is 11.1 Å². The van der Waals surface area contributed by atoms with Crippen LogP contribution in [0.1, 0.15) is 30.5 Å². The van der Waals surface area contributed by atoms with Crippen molar-refractivity contribution in [2.75, 3.05) is 7.11 Å². The number of carbonyl (C=O) groups excluding carboxylic acids is 2. The van der Waals surface area contributed by atoms with Gasteiger partial charge >= 0.3 is 0 Å². The molecular formula is C18H21N3O3. The van der Waals surface area contributed by atoms with Crippen molar-refractivity contribution in [2.24, 2.45) is 0 Å². The molecule has 0 saturated carbocycles. The van der Waals surface area contributed by atoms with Gasteiger partial charge in [0, 0.05) is 25.7 Å². The number of methoxy groups -OCH3 is 1. The van der Waals surface area contributed by atoms with Crippen molar-refractivity contribution < 1.29 is 14.3 Å². The molecule has 0 saturated heterocycles. The van der Waals surface area contributed by atoms with E-state index in [2.05, 4.69) is 15.6 Å². The first-order valence-corrected chi connectivity index (χ1v) is 7.66. The van der Waals surface area contributed by atoms with Crippen molar-refractivity contribution in [1.82, 2.24) is 15.6 Å². The fraction of sp³-hybridized carbons (Fsp3) is 0.278. The van der Waals surface area contributed by atoms with E-state index in [9.17, 15) is 9.59 Å². The number of nitrogens with one attached hydrogen (secondary N) is 2. The van der Waals surface area contributed by atoms with E-state index in [1.54, 1.807) is 19.4 Å². The topological polar surface area (TPSA) is 80.3 Å². The Kier molecular flexibility index (Phi) is 6.31. The first kappa shape index (κ1) is 17.5. The Morgan fingerprint density at radius 1 is 1.17 bits per heavy atom. The summed E-state index contributed by atoms with van der Waals surface area (Å²) in [4.78, 5) is 27.7. The van der Waals surface area contributed by atoms with E-state index in [4.69, 9.17) is 4.74 Å². The first-order chi connectivity index (χ1) is 11.6. The highest BCUT2D eigenvalue weighted by Crippen LogP contribution is 2.16. The van der Waals surface area contributed by atoms with Crippen molar-refractivity contribution >= 4 is 11.8 Å². The third-order valence-electron chi connectivity index (χ3n) is 3.47. The molecule has 1 atom stereocenters. The minimum Gasteiger partial charge on any atom is -0.481 e. The van der Waals surface area contributed by atoms with Crippen molar-refractivity contribution in [2.45, 2.75) is 25.9 Å². The van der Waals surface area contributed by atoms with Crippen LogP contribution in [-0.4, -0.2) is 23.9 Å². The summed E-state index contributed by atoms with van der Waals surface area (Å²) in [6, 6.07) is 12.7. The fourth-order valence-corrected chi connectivity index (χ4v) is 2.28. The summed E-state index contributed by atoms with van der Waals surface area (Å²) in [5.41, 5.74) is 1.77. The third-order valence-corrected chi connectivity index (χ3v) is 3.47. The molecule has 1 aromatic heterocycles. The molecule has 6 heteroatoms. The monoisotopic (exact) mass is 327 g/mol. The van der Waals surface area contributed by atoms with Crippen LogP contribution in [0.3, 0.4) is 0 Å². The molecule has 2 aromatic rings. The lowest BCUT2D eigenvalue weighted by atomic mass is 10.0. The minimum absolute atomic E-state index is 0.145. The van der Waals surface area contributed by atoms with Crippen molar-refractivity contribution in [1.29, 1.82) is 0 Å². The second-order valence-electron chi connectivity index (χ2n) is 5.35. The molecule has 0 fully saturated rings. The summed E-state index contributed by atoms with van der Waals surface area (Å²) in [6.45, 7) is 1.81. The molecule has 2 N–H and O–H groups in total. The van der Waals surface area contributed by atoms with Crippen LogP contribution >= 0.6 is 0 Å². The maximum Gasteiger partial charge on any atom is 0.222 e. The molecule has 0 aliphatic carbocycles. The van der Waals surface area contributed by atoms with Gasteiger partial charge in [-0.2, -0.15) is 0 Å². The van der Waals surface area contributed by atoms with Crippen LogP contribution in [0.25, 0.3) is 0 Å². The van der Waals surface area contributed by atoms with Crippen LogP contribution in [0.2, 0.25) is 0 Å². The zero-order chi connectivity index (χ0) is 17.4. The molecule has 1 unspecified atom stereocenters. The van der Waals surface area contributed by atoms with Crippen molar-refractivity contribution in [3.63, 3.8) is 0 Å². The van der Waals surface area contributed by atoms with Crippen LogP contribution in [0, 0.1) is 0 Å². The molecular weight excluding hydrogens is 306 g/mol. The second-order valence-corrected chi connectivity index (χ2v) is 5.35. The molecule has 2 rings (SSSR count). The first-order valence-electron chi connectivity index (χ1n) is 7.66. The predicted molar refractivity (Wildman–Crippen MR) is 90.3 cm³/mol. The average molecular weight is 327 g/mol. The van der Waals surface area contributed by atoms with Gasteiger partial charge in [-0.3, -0.25) is 9.59 Å². The molecule has 126 valence electrons. The Bertz CT molecular complexity index is 672. The van der Waals surface area contributed by atoms with Gasteiger partial charge in [0.2, 0.25) is 17.7 Å². The molecule has 1 heterocycles. The SMILES string of the molecule is COc1ccc(CNC(=O)CC(NC(C)=O)c2ccccc2)cn1. The number of benzene rings is 1. The van der Waals surface area contributed by atoms with Crippen LogP contribution in [-0.2, 0) is 16.1 Å². The molecule has 0 radical (unpaired) electrons. The van der Waals surface area contributed by atoms with Gasteiger partial charge in [0.1, 0.15) is 0 Å². The molecule has 24 heavy (non-hydrogen) atoms. The van der Waals surface area contributed by atoms with Crippen LogP contribution in [0.4, 0.5) is 0 Å². The number of pyridine rings is 1. The number of hydrogen-bond donors (Lipinski definition) is 2. The maximum atomic E-state index is 12.2. The molecule has 0 bridgehead atoms. The quantitative estimate of drug-likeness (QED) is 0.815. The average Bonchev–Trinajstić information content (AvgIpc) is 2.60. The number of amides is 2. The number of rotatable bonds is 7. The summed E-state index contributed by atoms with van der Waals surface area (Å²) >= 11 is 0. The van der Waals surface area contributed by atoms with E-state index >= 15 is 0 Å². The van der Waals surface area contributed by atoms with Crippen LogP contribution in [0.15, 0.2) is 48.7 Å². The Labute approximate surface area is 141 Å². The maximum absolute atomic E-state index is 12.2. The smallest absolute Gasteiger partial charge is 0.222 e. The van der Waals surface area contributed by atoms with E-state index in [0.29, 0.717) is 12.4 Å². The summed E-state index contributed by atoms with van der Waals surface area (Å²) in [6.07, 6.45) is 1.83. The van der Waals surface area contributed by atoms with E-state index in [1.807, 2.05) is 36.4 Å². The molecule has 1 aromatic carbocycles. The van der Waals surface area contributed by atoms with Crippen molar-refractivity contribution in [3.05, 3.63) is 59.8 Å². The normalized spacial score (nSPS) is 11.4. The van der Waals surface area contributed by atoms with Gasteiger partial charge in [0.15, 0.2) is 0 Å². The lowest BCUT2D eigenvalue weighted by Gasteiger charge is -2.18. The predicted octanol–water partition coefficient (Wildman–Crippen LogP) is 1.97. The van der Waals surface area contributed by atoms with Gasteiger partial charge < -0.3 is 15.4 Å². The van der Waals surface area contributed by atoms with Crippen LogP contribution in [0.5, 0.6) is 5.88 Å². The summed E-state index contributed by atoms with van der Waals surface area (Å²) < 4.78 is 4.99. The van der Waals surface area contributed by atoms with Gasteiger partial charge in [0.05, 0.1) is 19.6 Å². The van der Waals surface area contributed by atoms with Crippen molar-refractivity contribution in [3.8, 4) is 5.88 Å². The van der Waals surface area contributed by atoms with E-state index in [-0.39, 0.29) is 24.3 Å². The Morgan fingerprint density at radius 2 is 1.92 bits per heavy atom. The lowest BCUT2D eigenvalue weighted by Crippen LogP contribution is -2.32. The van der Waals surface area contributed by atoms with Gasteiger partial charge in [0.25, 0.3) is 0 Å². The molecule has 6 nitrogen and oxygen atoms in total. The number of ether oxygens (including phenoxy) is 1.